The zero-order valence-corrected chi connectivity index (χ0v) is 19.7. The first kappa shape index (κ1) is 19.8. The van der Waals surface area contributed by atoms with Crippen molar-refractivity contribution in [2.75, 3.05) is 0 Å². The molecule has 0 amide bonds. The minimum atomic E-state index is -1.40. The SMILES string of the molecule is CCc1cc(-c2ccc3c(c2)c2ccccc2n3-c2ccccc2)ncc1[Si](C)(C)C. The van der Waals surface area contributed by atoms with Crippen LogP contribution in [0.2, 0.25) is 19.6 Å². The van der Waals surface area contributed by atoms with E-state index in [2.05, 4.69) is 116 Å². The third kappa shape index (κ3) is 3.39. The molecule has 0 N–H and O–H groups in total. The molecule has 0 atom stereocenters. The Morgan fingerprint density at radius 1 is 0.774 bits per heavy atom. The summed E-state index contributed by atoms with van der Waals surface area (Å²) in [5, 5.41) is 4.02. The number of para-hydroxylation sites is 2. The molecule has 31 heavy (non-hydrogen) atoms. The Hall–Kier alpha value is -3.17. The largest absolute Gasteiger partial charge is 0.309 e. The van der Waals surface area contributed by atoms with Gasteiger partial charge in [0.05, 0.1) is 24.8 Å². The van der Waals surface area contributed by atoms with Crippen LogP contribution in [0.3, 0.4) is 0 Å². The highest BCUT2D eigenvalue weighted by Crippen LogP contribution is 2.34. The number of hydrogen-bond donors (Lipinski definition) is 0. The van der Waals surface area contributed by atoms with Crippen LogP contribution in [0.5, 0.6) is 0 Å². The lowest BCUT2D eigenvalue weighted by Gasteiger charge is -2.20. The van der Waals surface area contributed by atoms with Gasteiger partial charge in [-0.1, -0.05) is 69.0 Å². The van der Waals surface area contributed by atoms with Crippen molar-refractivity contribution < 1.29 is 0 Å². The van der Waals surface area contributed by atoms with Gasteiger partial charge in [0.15, 0.2) is 0 Å². The van der Waals surface area contributed by atoms with E-state index in [1.807, 2.05) is 0 Å². The molecule has 0 saturated carbocycles. The molecule has 2 heterocycles. The van der Waals surface area contributed by atoms with E-state index in [1.165, 1.54) is 43.8 Å². The zero-order chi connectivity index (χ0) is 21.6. The van der Waals surface area contributed by atoms with Gasteiger partial charge in [-0.2, -0.15) is 0 Å². The minimum absolute atomic E-state index is 1.05. The summed E-state index contributed by atoms with van der Waals surface area (Å²) < 4.78 is 2.35. The van der Waals surface area contributed by atoms with Gasteiger partial charge in [-0.05, 0) is 53.6 Å². The molecule has 0 spiro atoms. The molecule has 2 nitrogen and oxygen atoms in total. The van der Waals surface area contributed by atoms with Crippen LogP contribution in [0.4, 0.5) is 0 Å². The van der Waals surface area contributed by atoms with Crippen LogP contribution in [-0.2, 0) is 6.42 Å². The van der Waals surface area contributed by atoms with E-state index in [-0.39, 0.29) is 0 Å². The molecule has 3 aromatic carbocycles. The van der Waals surface area contributed by atoms with Crippen molar-refractivity contribution in [1.82, 2.24) is 9.55 Å². The van der Waals surface area contributed by atoms with Crippen molar-refractivity contribution in [3.8, 4) is 16.9 Å². The average Bonchev–Trinajstić information content (AvgIpc) is 3.12. The van der Waals surface area contributed by atoms with E-state index in [0.717, 1.165) is 12.1 Å². The van der Waals surface area contributed by atoms with Gasteiger partial charge in [0.25, 0.3) is 0 Å². The summed E-state index contributed by atoms with van der Waals surface area (Å²) in [5.41, 5.74) is 7.34. The van der Waals surface area contributed by atoms with E-state index in [0.29, 0.717) is 0 Å². The van der Waals surface area contributed by atoms with Crippen molar-refractivity contribution in [3.05, 3.63) is 90.6 Å². The fourth-order valence-corrected chi connectivity index (χ4v) is 6.27. The molecule has 0 bridgehead atoms. The standard InChI is InChI=1S/C28H28N2Si/c1-5-20-18-25(29-19-28(20)31(2,3)4)21-15-16-27-24(17-21)23-13-9-10-14-26(23)30(27)22-11-7-6-8-12-22/h6-19H,5H2,1-4H3. The number of aromatic nitrogens is 2. The Morgan fingerprint density at radius 2 is 1.48 bits per heavy atom. The second kappa shape index (κ2) is 7.51. The molecule has 0 saturated heterocycles. The molecule has 0 fully saturated rings. The van der Waals surface area contributed by atoms with Crippen molar-refractivity contribution in [3.63, 3.8) is 0 Å². The third-order valence-electron chi connectivity index (χ3n) is 6.16. The van der Waals surface area contributed by atoms with Gasteiger partial charge < -0.3 is 4.57 Å². The Labute approximate surface area is 185 Å². The quantitative estimate of drug-likeness (QED) is 0.288. The van der Waals surface area contributed by atoms with Gasteiger partial charge in [0.1, 0.15) is 0 Å². The molecule has 3 heteroatoms. The van der Waals surface area contributed by atoms with Crippen molar-refractivity contribution in [1.29, 1.82) is 0 Å². The van der Waals surface area contributed by atoms with E-state index in [9.17, 15) is 0 Å². The Kier molecular flexibility index (Phi) is 4.79. The fraction of sp³-hybridized carbons (Fsp3) is 0.179. The van der Waals surface area contributed by atoms with Crippen LogP contribution < -0.4 is 5.19 Å². The summed E-state index contributed by atoms with van der Waals surface area (Å²) in [6.45, 7) is 9.44. The topological polar surface area (TPSA) is 17.8 Å². The summed E-state index contributed by atoms with van der Waals surface area (Å²) in [7, 11) is -1.40. The van der Waals surface area contributed by atoms with Crippen LogP contribution in [0, 0.1) is 0 Å². The normalized spacial score (nSPS) is 12.0. The van der Waals surface area contributed by atoms with E-state index >= 15 is 0 Å². The summed E-state index contributed by atoms with van der Waals surface area (Å²) in [4.78, 5) is 4.90. The number of fused-ring (bicyclic) bond motifs is 3. The number of benzene rings is 3. The first-order valence-electron chi connectivity index (χ1n) is 11.1. The first-order valence-corrected chi connectivity index (χ1v) is 14.6. The van der Waals surface area contributed by atoms with Crippen molar-refractivity contribution in [2.45, 2.75) is 33.0 Å². The molecule has 154 valence electrons. The maximum absolute atomic E-state index is 4.90. The molecule has 5 rings (SSSR count). The lowest BCUT2D eigenvalue weighted by atomic mass is 10.0. The summed E-state index contributed by atoms with van der Waals surface area (Å²) in [5.74, 6) is 0. The molecule has 2 aromatic heterocycles. The summed E-state index contributed by atoms with van der Waals surface area (Å²) in [6, 6.07) is 28.4. The zero-order valence-electron chi connectivity index (χ0n) is 18.7. The maximum atomic E-state index is 4.90. The molecule has 0 aliphatic heterocycles. The summed E-state index contributed by atoms with van der Waals surface area (Å²) in [6.07, 6.45) is 3.18. The number of rotatable bonds is 4. The van der Waals surface area contributed by atoms with Crippen LogP contribution in [-0.4, -0.2) is 17.6 Å². The van der Waals surface area contributed by atoms with Gasteiger partial charge in [-0.25, -0.2) is 0 Å². The monoisotopic (exact) mass is 420 g/mol. The average molecular weight is 421 g/mol. The number of hydrogen-bond acceptors (Lipinski definition) is 1. The number of pyridine rings is 1. The lowest BCUT2D eigenvalue weighted by Crippen LogP contribution is -2.40. The molecular formula is C28H28N2Si. The number of aryl methyl sites for hydroxylation is 1. The smallest absolute Gasteiger partial charge is 0.0799 e. The van der Waals surface area contributed by atoms with Gasteiger partial charge in [0, 0.05) is 28.2 Å². The Bertz CT molecular complexity index is 1390. The predicted molar refractivity (Wildman–Crippen MR) is 136 cm³/mol. The van der Waals surface area contributed by atoms with E-state index in [1.54, 1.807) is 0 Å². The van der Waals surface area contributed by atoms with Crippen LogP contribution in [0.1, 0.15) is 12.5 Å². The van der Waals surface area contributed by atoms with Crippen molar-refractivity contribution >= 4 is 35.1 Å². The van der Waals surface area contributed by atoms with Crippen LogP contribution in [0.25, 0.3) is 38.8 Å². The highest BCUT2D eigenvalue weighted by atomic mass is 28.3. The van der Waals surface area contributed by atoms with Gasteiger partial charge in [0.2, 0.25) is 0 Å². The van der Waals surface area contributed by atoms with Gasteiger partial charge >= 0.3 is 0 Å². The van der Waals surface area contributed by atoms with Crippen LogP contribution in [0.15, 0.2) is 85.1 Å². The Balaban J connectivity index is 1.73. The summed E-state index contributed by atoms with van der Waals surface area (Å²) >= 11 is 0. The molecule has 0 radical (unpaired) electrons. The lowest BCUT2D eigenvalue weighted by molar-refractivity contribution is 1.13. The van der Waals surface area contributed by atoms with Crippen molar-refractivity contribution in [2.24, 2.45) is 0 Å². The number of nitrogens with zero attached hydrogens (tertiary/aromatic N) is 2. The molecule has 5 aromatic rings. The maximum Gasteiger partial charge on any atom is 0.0799 e. The van der Waals surface area contributed by atoms with E-state index in [4.69, 9.17) is 4.98 Å². The highest BCUT2D eigenvalue weighted by molar-refractivity contribution is 6.89. The predicted octanol–water partition coefficient (Wildman–Crippen LogP) is 6.95. The molecule has 0 aliphatic carbocycles. The van der Waals surface area contributed by atoms with Gasteiger partial charge in [-0.3, -0.25) is 4.98 Å². The van der Waals surface area contributed by atoms with Gasteiger partial charge in [-0.15, -0.1) is 0 Å². The molecule has 0 aliphatic rings. The second-order valence-corrected chi connectivity index (χ2v) is 14.3. The van der Waals surface area contributed by atoms with Crippen LogP contribution >= 0.6 is 0 Å². The molecule has 0 unspecified atom stereocenters. The Morgan fingerprint density at radius 3 is 2.23 bits per heavy atom. The second-order valence-electron chi connectivity index (χ2n) is 9.25. The third-order valence-corrected chi connectivity index (χ3v) is 8.23. The van der Waals surface area contributed by atoms with E-state index < -0.39 is 8.07 Å². The minimum Gasteiger partial charge on any atom is -0.309 e. The first-order chi connectivity index (χ1) is 15.0. The fourth-order valence-electron chi connectivity index (χ4n) is 4.61. The molecular weight excluding hydrogens is 392 g/mol. The highest BCUT2D eigenvalue weighted by Gasteiger charge is 2.21.